The summed E-state index contributed by atoms with van der Waals surface area (Å²) in [6.07, 6.45) is 0. The molecule has 1 fully saturated rings. The van der Waals surface area contributed by atoms with Gasteiger partial charge < -0.3 is 14.8 Å². The Labute approximate surface area is 167 Å². The number of hydrogen-bond donors (Lipinski definition) is 1. The molecule has 2 aromatic rings. The van der Waals surface area contributed by atoms with Crippen molar-refractivity contribution in [2.24, 2.45) is 0 Å². The summed E-state index contributed by atoms with van der Waals surface area (Å²) in [6.45, 7) is 7.21. The third-order valence-electron chi connectivity index (χ3n) is 4.91. The number of nitrogens with one attached hydrogen (secondary N) is 1. The van der Waals surface area contributed by atoms with Crippen molar-refractivity contribution in [3.8, 4) is 5.75 Å². The molecule has 0 aliphatic carbocycles. The van der Waals surface area contributed by atoms with Gasteiger partial charge in [0.2, 0.25) is 10.0 Å². The Morgan fingerprint density at radius 1 is 1.00 bits per heavy atom. The van der Waals surface area contributed by atoms with E-state index < -0.39 is 10.0 Å². The minimum Gasteiger partial charge on any atom is -0.496 e. The molecule has 0 radical (unpaired) electrons. The van der Waals surface area contributed by atoms with Crippen LogP contribution in [0, 0.1) is 13.8 Å². The average molecular weight is 405 g/mol. The number of hydrogen-bond acceptors (Lipinski definition) is 5. The van der Waals surface area contributed by atoms with Gasteiger partial charge in [-0.3, -0.25) is 0 Å². The van der Waals surface area contributed by atoms with Crippen molar-refractivity contribution in [3.63, 3.8) is 0 Å². The molecular formula is C21H28N2O4S. The summed E-state index contributed by atoms with van der Waals surface area (Å²) in [4.78, 5) is 0.333. The highest BCUT2D eigenvalue weighted by Crippen LogP contribution is 2.24. The SMILES string of the molecule is COc1c(C)cc(CNCc2ccc(S(=O)(=O)N3CCOCC3)cc2)cc1C. The standard InChI is InChI=1S/C21H28N2O4S/c1-16-12-19(13-17(2)21(16)26-3)15-22-14-18-4-6-20(7-5-18)28(24,25)23-8-10-27-11-9-23/h4-7,12-13,22H,8-11,14-15H2,1-3H3. The molecule has 0 atom stereocenters. The quantitative estimate of drug-likeness (QED) is 0.768. The van der Waals surface area contributed by atoms with Crippen LogP contribution in [0.2, 0.25) is 0 Å². The van der Waals surface area contributed by atoms with Crippen LogP contribution >= 0.6 is 0 Å². The monoisotopic (exact) mass is 404 g/mol. The van der Waals surface area contributed by atoms with E-state index in [0.717, 1.165) is 29.0 Å². The maximum Gasteiger partial charge on any atom is 0.243 e. The van der Waals surface area contributed by atoms with Crippen molar-refractivity contribution in [2.75, 3.05) is 33.4 Å². The van der Waals surface area contributed by atoms with Gasteiger partial charge in [0.15, 0.2) is 0 Å². The van der Waals surface area contributed by atoms with Crippen LogP contribution in [0.5, 0.6) is 5.75 Å². The van der Waals surface area contributed by atoms with E-state index in [-0.39, 0.29) is 0 Å². The van der Waals surface area contributed by atoms with Crippen LogP contribution in [-0.2, 0) is 27.8 Å². The van der Waals surface area contributed by atoms with Crippen LogP contribution in [0.15, 0.2) is 41.3 Å². The van der Waals surface area contributed by atoms with Crippen molar-refractivity contribution in [2.45, 2.75) is 31.8 Å². The number of sulfonamides is 1. The number of ether oxygens (including phenoxy) is 2. The average Bonchev–Trinajstić information content (AvgIpc) is 2.69. The molecule has 7 heteroatoms. The first-order chi connectivity index (χ1) is 13.4. The first kappa shape index (κ1) is 20.8. The zero-order valence-electron chi connectivity index (χ0n) is 16.7. The Balaban J connectivity index is 1.59. The van der Waals surface area contributed by atoms with Crippen LogP contribution in [0.3, 0.4) is 0 Å². The normalized spacial score (nSPS) is 15.5. The number of methoxy groups -OCH3 is 1. The summed E-state index contributed by atoms with van der Waals surface area (Å²) in [5.41, 5.74) is 4.49. The second-order valence-electron chi connectivity index (χ2n) is 7.03. The van der Waals surface area contributed by atoms with Gasteiger partial charge in [0, 0.05) is 26.2 Å². The van der Waals surface area contributed by atoms with Gasteiger partial charge in [0.05, 0.1) is 25.2 Å². The van der Waals surface area contributed by atoms with E-state index in [9.17, 15) is 8.42 Å². The molecule has 1 saturated heterocycles. The molecule has 0 saturated carbocycles. The van der Waals surface area contributed by atoms with Gasteiger partial charge in [0.1, 0.15) is 5.75 Å². The van der Waals surface area contributed by atoms with E-state index in [2.05, 4.69) is 17.4 Å². The molecule has 0 spiro atoms. The third kappa shape index (κ3) is 4.72. The Bertz CT molecular complexity index is 881. The van der Waals surface area contributed by atoms with Crippen LogP contribution in [0.1, 0.15) is 22.3 Å². The van der Waals surface area contributed by atoms with E-state index in [1.165, 1.54) is 9.87 Å². The summed E-state index contributed by atoms with van der Waals surface area (Å²) in [5, 5.41) is 3.41. The molecule has 1 heterocycles. The summed E-state index contributed by atoms with van der Waals surface area (Å²) in [6, 6.07) is 11.3. The lowest BCUT2D eigenvalue weighted by atomic mass is 10.1. The molecular weight excluding hydrogens is 376 g/mol. The highest BCUT2D eigenvalue weighted by molar-refractivity contribution is 7.89. The smallest absolute Gasteiger partial charge is 0.243 e. The zero-order valence-corrected chi connectivity index (χ0v) is 17.5. The largest absolute Gasteiger partial charge is 0.496 e. The van der Waals surface area contributed by atoms with Crippen molar-refractivity contribution in [3.05, 3.63) is 58.7 Å². The number of benzene rings is 2. The van der Waals surface area contributed by atoms with Crippen molar-refractivity contribution >= 4 is 10.0 Å². The molecule has 2 aromatic carbocycles. The number of aryl methyl sites for hydroxylation is 2. The molecule has 1 N–H and O–H groups in total. The summed E-state index contributed by atoms with van der Waals surface area (Å²) in [7, 11) is -1.75. The molecule has 6 nitrogen and oxygen atoms in total. The maximum absolute atomic E-state index is 12.7. The number of rotatable bonds is 7. The molecule has 1 aliphatic rings. The van der Waals surface area contributed by atoms with Crippen LogP contribution in [-0.4, -0.2) is 46.1 Å². The van der Waals surface area contributed by atoms with Gasteiger partial charge in [-0.2, -0.15) is 4.31 Å². The predicted molar refractivity (Wildman–Crippen MR) is 109 cm³/mol. The second kappa shape index (κ2) is 9.05. The second-order valence-corrected chi connectivity index (χ2v) is 8.96. The Kier molecular flexibility index (Phi) is 6.72. The number of nitrogens with zero attached hydrogens (tertiary/aromatic N) is 1. The van der Waals surface area contributed by atoms with E-state index in [1.807, 2.05) is 26.0 Å². The van der Waals surface area contributed by atoms with Gasteiger partial charge in [-0.25, -0.2) is 8.42 Å². The summed E-state index contributed by atoms with van der Waals surface area (Å²) < 4.78 is 37.4. The lowest BCUT2D eigenvalue weighted by Gasteiger charge is -2.26. The van der Waals surface area contributed by atoms with Crippen LogP contribution < -0.4 is 10.1 Å². The zero-order chi connectivity index (χ0) is 20.1. The van der Waals surface area contributed by atoms with Crippen molar-refractivity contribution in [1.82, 2.24) is 9.62 Å². The molecule has 152 valence electrons. The lowest BCUT2D eigenvalue weighted by Crippen LogP contribution is -2.40. The van der Waals surface area contributed by atoms with E-state index in [4.69, 9.17) is 9.47 Å². The minimum atomic E-state index is -3.44. The molecule has 3 rings (SSSR count). The van der Waals surface area contributed by atoms with E-state index >= 15 is 0 Å². The lowest BCUT2D eigenvalue weighted by molar-refractivity contribution is 0.0730. The molecule has 0 bridgehead atoms. The Morgan fingerprint density at radius 2 is 1.57 bits per heavy atom. The van der Waals surface area contributed by atoms with E-state index in [0.29, 0.717) is 37.7 Å². The fourth-order valence-corrected chi connectivity index (χ4v) is 4.94. The maximum atomic E-state index is 12.7. The van der Waals surface area contributed by atoms with Gasteiger partial charge >= 0.3 is 0 Å². The highest BCUT2D eigenvalue weighted by atomic mass is 32.2. The summed E-state index contributed by atoms with van der Waals surface area (Å²) >= 11 is 0. The third-order valence-corrected chi connectivity index (χ3v) is 6.83. The molecule has 1 aliphatic heterocycles. The first-order valence-corrected chi connectivity index (χ1v) is 10.9. The fourth-order valence-electron chi connectivity index (χ4n) is 3.53. The molecule has 0 aromatic heterocycles. The van der Waals surface area contributed by atoms with Crippen molar-refractivity contribution in [1.29, 1.82) is 0 Å². The summed E-state index contributed by atoms with van der Waals surface area (Å²) in [5.74, 6) is 0.931. The molecule has 28 heavy (non-hydrogen) atoms. The fraction of sp³-hybridized carbons (Fsp3) is 0.429. The Hall–Kier alpha value is -1.93. The van der Waals surface area contributed by atoms with Gasteiger partial charge in [0.25, 0.3) is 0 Å². The highest BCUT2D eigenvalue weighted by Gasteiger charge is 2.25. The van der Waals surface area contributed by atoms with Crippen molar-refractivity contribution < 1.29 is 17.9 Å². The van der Waals surface area contributed by atoms with Crippen LogP contribution in [0.25, 0.3) is 0 Å². The predicted octanol–water partition coefficient (Wildman–Crippen LogP) is 2.62. The van der Waals surface area contributed by atoms with Crippen LogP contribution in [0.4, 0.5) is 0 Å². The van der Waals surface area contributed by atoms with Gasteiger partial charge in [-0.1, -0.05) is 24.3 Å². The minimum absolute atomic E-state index is 0.333. The number of morpholine rings is 1. The topological polar surface area (TPSA) is 67.9 Å². The van der Waals surface area contributed by atoms with Gasteiger partial charge in [-0.05, 0) is 48.2 Å². The molecule has 0 unspecified atom stereocenters. The Morgan fingerprint density at radius 3 is 2.14 bits per heavy atom. The van der Waals surface area contributed by atoms with E-state index in [1.54, 1.807) is 19.2 Å². The first-order valence-electron chi connectivity index (χ1n) is 9.43. The molecule has 0 amide bonds. The van der Waals surface area contributed by atoms with Gasteiger partial charge in [-0.15, -0.1) is 0 Å².